The number of fused-ring (bicyclic) bond motifs is 2. The molecule has 0 N–H and O–H groups in total. The van der Waals surface area contributed by atoms with E-state index in [2.05, 4.69) is 27.7 Å². The third-order valence-electron chi connectivity index (χ3n) is 4.03. The molecule has 0 amide bonds. The topological polar surface area (TPSA) is 9.23 Å². The Hall–Kier alpha value is -0.0400. The molecule has 2 aliphatic heterocycles. The Morgan fingerprint density at radius 2 is 1.23 bits per heavy atom. The predicted molar refractivity (Wildman–Crippen MR) is 54.6 cm³/mol. The molecule has 1 heteroatoms. The summed E-state index contributed by atoms with van der Waals surface area (Å²) in [6, 6.07) is 0. The van der Waals surface area contributed by atoms with E-state index >= 15 is 0 Å². The van der Waals surface area contributed by atoms with Gasteiger partial charge in [-0.25, -0.2) is 0 Å². The van der Waals surface area contributed by atoms with E-state index in [0.29, 0.717) is 12.2 Å². The van der Waals surface area contributed by atoms with E-state index in [-0.39, 0.29) is 0 Å². The van der Waals surface area contributed by atoms with E-state index in [0.717, 1.165) is 23.7 Å². The van der Waals surface area contributed by atoms with Gasteiger partial charge in [0, 0.05) is 0 Å². The molecule has 13 heavy (non-hydrogen) atoms. The van der Waals surface area contributed by atoms with Crippen LogP contribution in [0.15, 0.2) is 0 Å². The molecule has 2 saturated heterocycles. The smallest absolute Gasteiger partial charge is 0.0614 e. The van der Waals surface area contributed by atoms with Gasteiger partial charge in [0.1, 0.15) is 0 Å². The fourth-order valence-corrected chi connectivity index (χ4v) is 3.13. The van der Waals surface area contributed by atoms with E-state index in [4.69, 9.17) is 4.74 Å². The molecule has 0 aromatic heterocycles. The molecule has 4 atom stereocenters. The van der Waals surface area contributed by atoms with Gasteiger partial charge in [0.25, 0.3) is 0 Å². The summed E-state index contributed by atoms with van der Waals surface area (Å²) < 4.78 is 6.02. The molecule has 0 aromatic rings. The van der Waals surface area contributed by atoms with Crippen LogP contribution in [0.25, 0.3) is 0 Å². The normalized spacial score (nSPS) is 43.8. The first-order chi connectivity index (χ1) is 6.09. The summed E-state index contributed by atoms with van der Waals surface area (Å²) in [5.41, 5.74) is 0. The standard InChI is InChI=1S/C12H22O/c1-7(2)9-5-12-10(8(3)4)6-11(9)13-12/h7-12H,5-6H2,1-4H3/t9?,10?,11-,12-/m0/s1. The van der Waals surface area contributed by atoms with Crippen molar-refractivity contribution >= 4 is 0 Å². The fourth-order valence-electron chi connectivity index (χ4n) is 3.13. The fraction of sp³-hybridized carbons (Fsp3) is 1.00. The van der Waals surface area contributed by atoms with Gasteiger partial charge in [0.15, 0.2) is 0 Å². The van der Waals surface area contributed by atoms with Crippen molar-refractivity contribution in [1.29, 1.82) is 0 Å². The Morgan fingerprint density at radius 1 is 0.846 bits per heavy atom. The maximum absolute atomic E-state index is 6.02. The van der Waals surface area contributed by atoms with Gasteiger partial charge in [0.05, 0.1) is 12.2 Å². The summed E-state index contributed by atoms with van der Waals surface area (Å²) in [5.74, 6) is 3.31. The van der Waals surface area contributed by atoms with Gasteiger partial charge in [-0.1, -0.05) is 27.7 Å². The third-order valence-corrected chi connectivity index (χ3v) is 4.03. The average Bonchev–Trinajstić information content (AvgIpc) is 2.60. The highest BCUT2D eigenvalue weighted by Crippen LogP contribution is 2.47. The third kappa shape index (κ3) is 1.52. The highest BCUT2D eigenvalue weighted by atomic mass is 16.5. The van der Waals surface area contributed by atoms with Crippen molar-refractivity contribution in [2.45, 2.75) is 52.7 Å². The maximum atomic E-state index is 6.02. The van der Waals surface area contributed by atoms with Gasteiger partial charge in [0.2, 0.25) is 0 Å². The van der Waals surface area contributed by atoms with Crippen molar-refractivity contribution in [1.82, 2.24) is 0 Å². The number of ether oxygens (including phenoxy) is 1. The van der Waals surface area contributed by atoms with Crippen molar-refractivity contribution in [2.24, 2.45) is 23.7 Å². The Kier molecular flexibility index (Phi) is 2.39. The van der Waals surface area contributed by atoms with Gasteiger partial charge < -0.3 is 4.74 Å². The summed E-state index contributed by atoms with van der Waals surface area (Å²) in [7, 11) is 0. The molecule has 76 valence electrons. The Morgan fingerprint density at radius 3 is 1.46 bits per heavy atom. The second-order valence-corrected chi connectivity index (χ2v) is 5.50. The van der Waals surface area contributed by atoms with Crippen LogP contribution >= 0.6 is 0 Å². The summed E-state index contributed by atoms with van der Waals surface area (Å²) >= 11 is 0. The minimum atomic E-state index is 0.595. The minimum Gasteiger partial charge on any atom is -0.374 e. The van der Waals surface area contributed by atoms with Crippen LogP contribution in [-0.2, 0) is 4.74 Å². The molecule has 2 fully saturated rings. The van der Waals surface area contributed by atoms with Crippen LogP contribution in [-0.4, -0.2) is 12.2 Å². The first-order valence-electron chi connectivity index (χ1n) is 5.75. The van der Waals surface area contributed by atoms with E-state index < -0.39 is 0 Å². The largest absolute Gasteiger partial charge is 0.374 e. The predicted octanol–water partition coefficient (Wildman–Crippen LogP) is 3.09. The van der Waals surface area contributed by atoms with Crippen molar-refractivity contribution < 1.29 is 4.74 Å². The SMILES string of the molecule is CC(C)C1C[C@@H]2O[C@H]1CC2C(C)C. The summed E-state index contributed by atoms with van der Waals surface area (Å²) in [6.07, 6.45) is 3.84. The lowest BCUT2D eigenvalue weighted by atomic mass is 9.73. The molecular weight excluding hydrogens is 160 g/mol. The highest BCUT2D eigenvalue weighted by Gasteiger charge is 2.48. The number of rotatable bonds is 2. The zero-order valence-corrected chi connectivity index (χ0v) is 9.29. The maximum Gasteiger partial charge on any atom is 0.0614 e. The van der Waals surface area contributed by atoms with E-state index in [9.17, 15) is 0 Å². The summed E-state index contributed by atoms with van der Waals surface area (Å²) in [5, 5.41) is 0. The molecule has 1 nitrogen and oxygen atoms in total. The molecular formula is C12H22O. The molecule has 2 bridgehead atoms. The van der Waals surface area contributed by atoms with E-state index in [1.807, 2.05) is 0 Å². The van der Waals surface area contributed by atoms with Gasteiger partial charge in [-0.2, -0.15) is 0 Å². The monoisotopic (exact) mass is 182 g/mol. The number of hydrogen-bond donors (Lipinski definition) is 0. The number of hydrogen-bond acceptors (Lipinski definition) is 1. The zero-order chi connectivity index (χ0) is 9.59. The van der Waals surface area contributed by atoms with Gasteiger partial charge in [-0.15, -0.1) is 0 Å². The van der Waals surface area contributed by atoms with Crippen LogP contribution in [0.2, 0.25) is 0 Å². The molecule has 0 aliphatic carbocycles. The van der Waals surface area contributed by atoms with E-state index in [1.54, 1.807) is 0 Å². The molecule has 0 spiro atoms. The van der Waals surface area contributed by atoms with Crippen molar-refractivity contribution in [3.63, 3.8) is 0 Å². The second-order valence-electron chi connectivity index (χ2n) is 5.50. The van der Waals surface area contributed by atoms with Crippen molar-refractivity contribution in [3.05, 3.63) is 0 Å². The molecule has 2 unspecified atom stereocenters. The van der Waals surface area contributed by atoms with Crippen LogP contribution in [0.1, 0.15) is 40.5 Å². The van der Waals surface area contributed by atoms with Gasteiger partial charge >= 0.3 is 0 Å². The second kappa shape index (κ2) is 3.27. The summed E-state index contributed by atoms with van der Waals surface area (Å²) in [4.78, 5) is 0. The highest BCUT2D eigenvalue weighted by molar-refractivity contribution is 4.96. The first kappa shape index (κ1) is 9.51. The average molecular weight is 182 g/mol. The van der Waals surface area contributed by atoms with Crippen LogP contribution in [0.3, 0.4) is 0 Å². The van der Waals surface area contributed by atoms with Crippen molar-refractivity contribution in [3.8, 4) is 0 Å². The Balaban J connectivity index is 1.99. The van der Waals surface area contributed by atoms with Gasteiger partial charge in [-0.05, 0) is 36.5 Å². The zero-order valence-electron chi connectivity index (χ0n) is 9.29. The Labute approximate surface area is 81.9 Å². The van der Waals surface area contributed by atoms with Crippen LogP contribution in [0.5, 0.6) is 0 Å². The first-order valence-corrected chi connectivity index (χ1v) is 5.75. The van der Waals surface area contributed by atoms with Crippen LogP contribution in [0.4, 0.5) is 0 Å². The van der Waals surface area contributed by atoms with Gasteiger partial charge in [-0.3, -0.25) is 0 Å². The lowest BCUT2D eigenvalue weighted by molar-refractivity contribution is 0.0749. The van der Waals surface area contributed by atoms with Crippen molar-refractivity contribution in [2.75, 3.05) is 0 Å². The summed E-state index contributed by atoms with van der Waals surface area (Å²) in [6.45, 7) is 9.33. The quantitative estimate of drug-likeness (QED) is 0.637. The Bertz CT molecular complexity index is 166. The molecule has 2 heterocycles. The lowest BCUT2D eigenvalue weighted by Gasteiger charge is -2.28. The lowest BCUT2D eigenvalue weighted by Crippen LogP contribution is -2.29. The van der Waals surface area contributed by atoms with Crippen LogP contribution < -0.4 is 0 Å². The molecule has 2 aliphatic rings. The van der Waals surface area contributed by atoms with E-state index in [1.165, 1.54) is 12.8 Å². The minimum absolute atomic E-state index is 0.595. The van der Waals surface area contributed by atoms with Crippen LogP contribution in [0, 0.1) is 23.7 Å². The molecule has 0 aromatic carbocycles. The molecule has 0 radical (unpaired) electrons. The molecule has 2 rings (SSSR count). The molecule has 0 saturated carbocycles.